The average Bonchev–Trinajstić information content (AvgIpc) is 4.06. The summed E-state index contributed by atoms with van der Waals surface area (Å²) in [7, 11) is 0. The summed E-state index contributed by atoms with van der Waals surface area (Å²) in [4.78, 5) is 4.62. The predicted molar refractivity (Wildman–Crippen MR) is 269 cm³/mol. The van der Waals surface area contributed by atoms with Gasteiger partial charge >= 0.3 is 0 Å². The van der Waals surface area contributed by atoms with Crippen LogP contribution in [0, 0.1) is 0 Å². The summed E-state index contributed by atoms with van der Waals surface area (Å²) in [6, 6.07) is 80.8. The highest BCUT2D eigenvalue weighted by Gasteiger charge is 2.23. The Morgan fingerprint density at radius 3 is 0.954 bits per heavy atom. The van der Waals surface area contributed by atoms with E-state index in [1.807, 2.05) is 24.3 Å². The lowest BCUT2D eigenvalue weighted by Gasteiger charge is -2.26. The van der Waals surface area contributed by atoms with Crippen molar-refractivity contribution in [1.82, 2.24) is 0 Å². The van der Waals surface area contributed by atoms with Crippen LogP contribution in [-0.4, -0.2) is 0 Å². The van der Waals surface area contributed by atoms with Crippen LogP contribution < -0.4 is 9.80 Å². The molecule has 10 aromatic carbocycles. The molecule has 0 aliphatic rings. The number of hydrogen-bond donors (Lipinski definition) is 0. The van der Waals surface area contributed by atoms with E-state index in [-0.39, 0.29) is 0 Å². The van der Waals surface area contributed by atoms with Crippen LogP contribution in [0.5, 0.6) is 0 Å². The van der Waals surface area contributed by atoms with Crippen LogP contribution in [0.25, 0.3) is 88.1 Å². The van der Waals surface area contributed by atoms with Crippen molar-refractivity contribution in [3.8, 4) is 22.3 Å². The van der Waals surface area contributed by atoms with Crippen molar-refractivity contribution >= 4 is 99.9 Å². The molecular formula is C60H38N2O3. The lowest BCUT2D eigenvalue weighted by molar-refractivity contribution is 0.668. The molecule has 13 aromatic rings. The molecule has 0 fully saturated rings. The van der Waals surface area contributed by atoms with E-state index in [0.717, 1.165) is 122 Å². The lowest BCUT2D eigenvalue weighted by atomic mass is 9.97. The van der Waals surface area contributed by atoms with E-state index in [1.165, 1.54) is 0 Å². The maximum absolute atomic E-state index is 6.75. The van der Waals surface area contributed by atoms with Crippen LogP contribution in [0.2, 0.25) is 0 Å². The molecule has 0 saturated carbocycles. The van der Waals surface area contributed by atoms with Crippen LogP contribution in [0.15, 0.2) is 244 Å². The number of fused-ring (bicyclic) bond motifs is 9. The monoisotopic (exact) mass is 834 g/mol. The molecule has 0 amide bonds. The van der Waals surface area contributed by atoms with Crippen LogP contribution >= 0.6 is 0 Å². The quantitative estimate of drug-likeness (QED) is 0.153. The average molecular weight is 835 g/mol. The summed E-state index contributed by atoms with van der Waals surface area (Å²) >= 11 is 0. The molecule has 0 spiro atoms. The largest absolute Gasteiger partial charge is 0.456 e. The lowest BCUT2D eigenvalue weighted by Crippen LogP contribution is -2.09. The summed E-state index contributed by atoms with van der Waals surface area (Å²) in [6.45, 7) is 0. The number of para-hydroxylation sites is 6. The highest BCUT2D eigenvalue weighted by molar-refractivity contribution is 6.15. The normalized spacial score (nSPS) is 11.7. The first kappa shape index (κ1) is 36.8. The maximum atomic E-state index is 6.75. The molecule has 0 radical (unpaired) electrons. The molecule has 0 aliphatic carbocycles. The Hall–Kier alpha value is -8.80. The summed E-state index contributed by atoms with van der Waals surface area (Å²) < 4.78 is 20.1. The van der Waals surface area contributed by atoms with Gasteiger partial charge in [0, 0.05) is 77.6 Å². The van der Waals surface area contributed by atoms with Gasteiger partial charge in [-0.25, -0.2) is 0 Å². The molecule has 0 bridgehead atoms. The topological polar surface area (TPSA) is 45.9 Å². The van der Waals surface area contributed by atoms with Gasteiger partial charge in [0.2, 0.25) is 0 Å². The number of nitrogens with zero attached hydrogens (tertiary/aromatic N) is 2. The minimum Gasteiger partial charge on any atom is -0.456 e. The molecule has 0 unspecified atom stereocenters. The van der Waals surface area contributed by atoms with E-state index in [0.29, 0.717) is 0 Å². The highest BCUT2D eigenvalue weighted by atomic mass is 16.3. The highest BCUT2D eigenvalue weighted by Crippen LogP contribution is 2.47. The standard InChI is InChI=1S/C60H38N2O3/c1-5-17-41(18-6-1)61(42-19-7-2-8-20-42)45-35-49(59-53(37-45)47-25-13-15-27-55(47)64-59)39-29-31-57-51(33-39)52-34-40(30-32-58(52)63-57)50-36-46(38-54-48-26-14-16-28-56(48)65-60(50)54)62(43-21-9-3-10-22-43)44-23-11-4-12-24-44/h1-38H. The van der Waals surface area contributed by atoms with Crippen molar-refractivity contribution in [3.05, 3.63) is 231 Å². The van der Waals surface area contributed by atoms with Gasteiger partial charge in [-0.2, -0.15) is 0 Å². The zero-order chi connectivity index (χ0) is 42.8. The summed E-state index contributed by atoms with van der Waals surface area (Å²) in [6.07, 6.45) is 0. The van der Waals surface area contributed by atoms with E-state index in [2.05, 4.69) is 216 Å². The Kier molecular flexibility index (Phi) is 8.46. The third-order valence-corrected chi connectivity index (χ3v) is 12.6. The van der Waals surface area contributed by atoms with Crippen molar-refractivity contribution in [2.75, 3.05) is 9.80 Å². The fourth-order valence-corrected chi connectivity index (χ4v) is 9.63. The number of benzene rings is 10. The number of furan rings is 3. The molecule has 0 aliphatic heterocycles. The molecule has 0 N–H and O–H groups in total. The third kappa shape index (κ3) is 6.16. The molecular weight excluding hydrogens is 797 g/mol. The molecule has 0 saturated heterocycles. The molecule has 3 heterocycles. The Morgan fingerprint density at radius 2 is 0.569 bits per heavy atom. The molecule has 5 nitrogen and oxygen atoms in total. The number of rotatable bonds is 8. The second-order valence-electron chi connectivity index (χ2n) is 16.5. The molecule has 0 atom stereocenters. The molecule has 13 rings (SSSR count). The van der Waals surface area contributed by atoms with Crippen LogP contribution in [0.3, 0.4) is 0 Å². The van der Waals surface area contributed by atoms with Gasteiger partial charge < -0.3 is 23.1 Å². The summed E-state index contributed by atoms with van der Waals surface area (Å²) in [5.41, 5.74) is 15.4. The van der Waals surface area contributed by atoms with Gasteiger partial charge in [-0.1, -0.05) is 121 Å². The Morgan fingerprint density at radius 1 is 0.231 bits per heavy atom. The first-order chi connectivity index (χ1) is 32.2. The fraction of sp³-hybridized carbons (Fsp3) is 0. The van der Waals surface area contributed by atoms with Gasteiger partial charge in [0.25, 0.3) is 0 Å². The van der Waals surface area contributed by atoms with Crippen molar-refractivity contribution < 1.29 is 13.3 Å². The summed E-state index contributed by atoms with van der Waals surface area (Å²) in [5, 5.41) is 6.29. The van der Waals surface area contributed by atoms with Crippen molar-refractivity contribution in [1.29, 1.82) is 0 Å². The van der Waals surface area contributed by atoms with E-state index in [4.69, 9.17) is 13.3 Å². The first-order valence-electron chi connectivity index (χ1n) is 21.9. The van der Waals surface area contributed by atoms with Crippen LogP contribution in [-0.2, 0) is 0 Å². The van der Waals surface area contributed by atoms with Gasteiger partial charge in [0.1, 0.15) is 33.5 Å². The zero-order valence-electron chi connectivity index (χ0n) is 35.1. The molecule has 65 heavy (non-hydrogen) atoms. The number of hydrogen-bond acceptors (Lipinski definition) is 5. The van der Waals surface area contributed by atoms with Crippen molar-refractivity contribution in [3.63, 3.8) is 0 Å². The maximum Gasteiger partial charge on any atom is 0.143 e. The second-order valence-corrected chi connectivity index (χ2v) is 16.5. The zero-order valence-corrected chi connectivity index (χ0v) is 35.1. The Balaban J connectivity index is 1.02. The van der Waals surface area contributed by atoms with Crippen LogP contribution in [0.4, 0.5) is 34.1 Å². The van der Waals surface area contributed by atoms with Gasteiger partial charge in [-0.05, 0) is 120 Å². The van der Waals surface area contributed by atoms with Crippen LogP contribution in [0.1, 0.15) is 0 Å². The molecule has 5 heteroatoms. The second kappa shape index (κ2) is 14.9. The smallest absolute Gasteiger partial charge is 0.143 e. The predicted octanol–water partition coefficient (Wildman–Crippen LogP) is 17.7. The SMILES string of the molecule is c1ccc(N(c2ccccc2)c2cc(-c3ccc4oc5ccc(-c6cc(N(c7ccccc7)c7ccccc7)cc7c6oc6ccccc67)cc5c4c3)c3oc4ccccc4c3c2)cc1. The Labute approximate surface area is 374 Å². The molecule has 306 valence electrons. The van der Waals surface area contributed by atoms with Gasteiger partial charge in [-0.15, -0.1) is 0 Å². The van der Waals surface area contributed by atoms with E-state index in [9.17, 15) is 0 Å². The van der Waals surface area contributed by atoms with Crippen molar-refractivity contribution in [2.45, 2.75) is 0 Å². The first-order valence-corrected chi connectivity index (χ1v) is 21.9. The minimum absolute atomic E-state index is 0.815. The third-order valence-electron chi connectivity index (χ3n) is 12.6. The molecule has 3 aromatic heterocycles. The van der Waals surface area contributed by atoms with E-state index in [1.54, 1.807) is 0 Å². The Bertz CT molecular complexity index is 3560. The van der Waals surface area contributed by atoms with E-state index >= 15 is 0 Å². The fourth-order valence-electron chi connectivity index (χ4n) is 9.63. The van der Waals surface area contributed by atoms with Gasteiger partial charge in [-0.3, -0.25) is 0 Å². The van der Waals surface area contributed by atoms with Gasteiger partial charge in [0.05, 0.1) is 0 Å². The van der Waals surface area contributed by atoms with Crippen molar-refractivity contribution in [2.24, 2.45) is 0 Å². The summed E-state index contributed by atoms with van der Waals surface area (Å²) in [5.74, 6) is 0. The van der Waals surface area contributed by atoms with Gasteiger partial charge in [0.15, 0.2) is 0 Å². The number of anilines is 6. The van der Waals surface area contributed by atoms with E-state index < -0.39 is 0 Å². The minimum atomic E-state index is 0.815.